The molecule has 2 rings (SSSR count). The Balaban J connectivity index is 2.26. The lowest BCUT2D eigenvalue weighted by Gasteiger charge is -2.06. The van der Waals surface area contributed by atoms with Crippen molar-refractivity contribution >= 4 is 12.2 Å². The van der Waals surface area contributed by atoms with Gasteiger partial charge in [-0.05, 0) is 5.56 Å². The lowest BCUT2D eigenvalue weighted by atomic mass is 9.53. The molecule has 0 aliphatic carbocycles. The smallest absolute Gasteiger partial charge is 0.187 e. The zero-order valence-electron chi connectivity index (χ0n) is 10.2. The SMILES string of the molecule is CC1(C)B(c2ccc(CN)cc2)C1(C)C. The van der Waals surface area contributed by atoms with E-state index >= 15 is 0 Å². The van der Waals surface area contributed by atoms with Crippen LogP contribution in [0.3, 0.4) is 0 Å². The third kappa shape index (κ3) is 1.43. The van der Waals surface area contributed by atoms with Crippen molar-refractivity contribution in [1.29, 1.82) is 0 Å². The van der Waals surface area contributed by atoms with E-state index < -0.39 is 0 Å². The van der Waals surface area contributed by atoms with Crippen LogP contribution in [-0.4, -0.2) is 6.71 Å². The summed E-state index contributed by atoms with van der Waals surface area (Å²) >= 11 is 0. The number of hydrogen-bond acceptors (Lipinski definition) is 1. The normalized spacial score (nSPS) is 21.5. The molecule has 2 N–H and O–H groups in total. The van der Waals surface area contributed by atoms with Gasteiger partial charge in [-0.3, -0.25) is 0 Å². The quantitative estimate of drug-likeness (QED) is 0.730. The molecular formula is C13H20BN. The Morgan fingerprint density at radius 3 is 1.80 bits per heavy atom. The molecule has 0 unspecified atom stereocenters. The Morgan fingerprint density at radius 2 is 1.47 bits per heavy atom. The molecule has 0 radical (unpaired) electrons. The van der Waals surface area contributed by atoms with Crippen molar-refractivity contribution in [3.05, 3.63) is 29.8 Å². The second-order valence-corrected chi connectivity index (χ2v) is 5.82. The van der Waals surface area contributed by atoms with E-state index in [4.69, 9.17) is 5.73 Å². The summed E-state index contributed by atoms with van der Waals surface area (Å²) in [6, 6.07) is 8.78. The maximum Gasteiger partial charge on any atom is 0.187 e. The summed E-state index contributed by atoms with van der Waals surface area (Å²) in [5, 5.41) is 0.856. The molecule has 0 saturated carbocycles. The van der Waals surface area contributed by atoms with Gasteiger partial charge in [0.2, 0.25) is 0 Å². The van der Waals surface area contributed by atoms with Crippen LogP contribution in [0.2, 0.25) is 10.6 Å². The van der Waals surface area contributed by atoms with Gasteiger partial charge in [0.15, 0.2) is 6.71 Å². The van der Waals surface area contributed by atoms with Crippen LogP contribution in [-0.2, 0) is 6.54 Å². The highest BCUT2D eigenvalue weighted by molar-refractivity contribution is 6.89. The minimum atomic E-state index is 0.428. The molecule has 1 aliphatic heterocycles. The first kappa shape index (κ1) is 10.8. The summed E-state index contributed by atoms with van der Waals surface area (Å²) in [5.74, 6) is 0. The number of hydrogen-bond donors (Lipinski definition) is 1. The van der Waals surface area contributed by atoms with E-state index in [0.717, 1.165) is 0 Å². The predicted molar refractivity (Wildman–Crippen MR) is 67.8 cm³/mol. The van der Waals surface area contributed by atoms with Gasteiger partial charge in [-0.1, -0.05) is 68.1 Å². The van der Waals surface area contributed by atoms with Crippen LogP contribution in [0.25, 0.3) is 0 Å². The van der Waals surface area contributed by atoms with Gasteiger partial charge in [0, 0.05) is 6.54 Å². The Labute approximate surface area is 93.1 Å². The van der Waals surface area contributed by atoms with Gasteiger partial charge in [-0.2, -0.15) is 0 Å². The number of rotatable bonds is 2. The van der Waals surface area contributed by atoms with Crippen molar-refractivity contribution in [3.8, 4) is 0 Å². The van der Waals surface area contributed by atoms with Crippen molar-refractivity contribution < 1.29 is 0 Å². The predicted octanol–water partition coefficient (Wildman–Crippen LogP) is 2.42. The van der Waals surface area contributed by atoms with E-state index in [0.29, 0.717) is 23.9 Å². The third-order valence-corrected chi connectivity index (χ3v) is 4.57. The molecule has 1 saturated heterocycles. The van der Waals surface area contributed by atoms with Crippen LogP contribution in [0.15, 0.2) is 24.3 Å². The fraction of sp³-hybridized carbons (Fsp3) is 0.538. The van der Waals surface area contributed by atoms with E-state index in [2.05, 4.69) is 52.0 Å². The van der Waals surface area contributed by atoms with E-state index in [1.165, 1.54) is 11.0 Å². The Morgan fingerprint density at radius 1 is 1.00 bits per heavy atom. The molecule has 0 aromatic heterocycles. The van der Waals surface area contributed by atoms with E-state index in [9.17, 15) is 0 Å². The maximum absolute atomic E-state index is 5.60. The van der Waals surface area contributed by atoms with Crippen LogP contribution in [0, 0.1) is 0 Å². The highest BCUT2D eigenvalue weighted by atomic mass is 14.5. The van der Waals surface area contributed by atoms with Gasteiger partial charge in [-0.25, -0.2) is 0 Å². The summed E-state index contributed by atoms with van der Waals surface area (Å²) in [4.78, 5) is 0. The molecular weight excluding hydrogens is 181 g/mol. The molecule has 80 valence electrons. The Hall–Kier alpha value is -0.755. The maximum atomic E-state index is 5.60. The molecule has 0 spiro atoms. The van der Waals surface area contributed by atoms with E-state index in [1.54, 1.807) is 0 Å². The van der Waals surface area contributed by atoms with Gasteiger partial charge >= 0.3 is 0 Å². The molecule has 0 atom stereocenters. The fourth-order valence-electron chi connectivity index (χ4n) is 2.88. The highest BCUT2D eigenvalue weighted by Crippen LogP contribution is 2.73. The topological polar surface area (TPSA) is 26.0 Å². The van der Waals surface area contributed by atoms with Gasteiger partial charge in [0.1, 0.15) is 0 Å². The fourth-order valence-corrected chi connectivity index (χ4v) is 2.88. The zero-order chi connectivity index (χ0) is 11.3. The van der Waals surface area contributed by atoms with Crippen molar-refractivity contribution in [2.75, 3.05) is 0 Å². The summed E-state index contributed by atoms with van der Waals surface area (Å²) in [7, 11) is 0. The van der Waals surface area contributed by atoms with Gasteiger partial charge in [-0.15, -0.1) is 0 Å². The Kier molecular flexibility index (Phi) is 2.23. The molecule has 1 aromatic rings. The van der Waals surface area contributed by atoms with Crippen molar-refractivity contribution in [2.24, 2.45) is 5.73 Å². The first-order chi connectivity index (χ1) is 6.91. The van der Waals surface area contributed by atoms with Gasteiger partial charge in [0.25, 0.3) is 0 Å². The van der Waals surface area contributed by atoms with Crippen molar-refractivity contribution in [3.63, 3.8) is 0 Å². The van der Waals surface area contributed by atoms with Crippen LogP contribution < -0.4 is 11.2 Å². The minimum absolute atomic E-state index is 0.428. The molecule has 0 amide bonds. The molecule has 1 nitrogen and oxygen atoms in total. The van der Waals surface area contributed by atoms with Crippen LogP contribution in [0.1, 0.15) is 33.3 Å². The van der Waals surface area contributed by atoms with Gasteiger partial charge < -0.3 is 5.73 Å². The van der Waals surface area contributed by atoms with E-state index in [1.807, 2.05) is 0 Å². The van der Waals surface area contributed by atoms with E-state index in [-0.39, 0.29) is 0 Å². The minimum Gasteiger partial charge on any atom is -0.326 e. The number of nitrogens with two attached hydrogens (primary N) is 1. The largest absolute Gasteiger partial charge is 0.326 e. The molecule has 0 bridgehead atoms. The number of benzene rings is 1. The summed E-state index contributed by atoms with van der Waals surface area (Å²) in [5.41, 5.74) is 8.28. The summed E-state index contributed by atoms with van der Waals surface area (Å²) in [6.45, 7) is 10.8. The van der Waals surface area contributed by atoms with Crippen LogP contribution >= 0.6 is 0 Å². The highest BCUT2D eigenvalue weighted by Gasteiger charge is 2.67. The summed E-state index contributed by atoms with van der Waals surface area (Å²) < 4.78 is 0. The lowest BCUT2D eigenvalue weighted by molar-refractivity contribution is 0.628. The zero-order valence-corrected chi connectivity index (χ0v) is 10.2. The van der Waals surface area contributed by atoms with Gasteiger partial charge in [0.05, 0.1) is 0 Å². The molecule has 15 heavy (non-hydrogen) atoms. The summed E-state index contributed by atoms with van der Waals surface area (Å²) in [6.07, 6.45) is 0. The molecule has 1 heterocycles. The molecule has 1 aliphatic rings. The first-order valence-electron chi connectivity index (χ1n) is 5.70. The molecule has 1 aromatic carbocycles. The molecule has 2 heteroatoms. The van der Waals surface area contributed by atoms with Crippen LogP contribution in [0.5, 0.6) is 0 Å². The lowest BCUT2D eigenvalue weighted by Crippen LogP contribution is -2.20. The average molecular weight is 201 g/mol. The first-order valence-corrected chi connectivity index (χ1v) is 5.70. The second-order valence-electron chi connectivity index (χ2n) is 5.82. The van der Waals surface area contributed by atoms with Crippen molar-refractivity contribution in [2.45, 2.75) is 44.9 Å². The average Bonchev–Trinajstić information content (AvgIpc) is 2.58. The van der Waals surface area contributed by atoms with Crippen LogP contribution in [0.4, 0.5) is 0 Å². The standard InChI is InChI=1S/C13H20BN/c1-12(2)13(3,4)14(12)11-7-5-10(9-15)6-8-11/h5-8H,9,15H2,1-4H3. The third-order valence-electron chi connectivity index (χ3n) is 4.57. The monoisotopic (exact) mass is 201 g/mol. The Bertz CT molecular complexity index is 351. The second kappa shape index (κ2) is 3.12. The van der Waals surface area contributed by atoms with Crippen molar-refractivity contribution in [1.82, 2.24) is 0 Å². The molecule has 1 fully saturated rings.